The Hall–Kier alpha value is -1.14. The minimum absolute atomic E-state index is 0.319. The molecule has 0 aliphatic heterocycles. The third-order valence-electron chi connectivity index (χ3n) is 6.46. The third kappa shape index (κ3) is 13.1. The lowest BCUT2D eigenvalue weighted by Gasteiger charge is -2.10. The maximum Gasteiger partial charge on any atom is 0.212 e. The number of unbranched alkanes of at least 4 members (excludes halogenated alkanes) is 8. The lowest BCUT2D eigenvalue weighted by molar-refractivity contribution is -0.701. The van der Waals surface area contributed by atoms with E-state index >= 15 is 0 Å². The molecule has 0 amide bonds. The number of anilines is 2. The van der Waals surface area contributed by atoms with Crippen molar-refractivity contribution in [3.05, 3.63) is 49.1 Å². The van der Waals surface area contributed by atoms with E-state index in [2.05, 4.69) is 115 Å². The van der Waals surface area contributed by atoms with E-state index < -0.39 is 0 Å². The second-order valence-electron chi connectivity index (χ2n) is 9.55. The standard InChI is InChI=1S/C29H46Br2N4/c1-3-5-7-9-11-20-32-26-16-22-34(23-17-26)28(30)14-13-15-29(31)35-24-18-27(19-25-35)33-21-12-10-8-6-4-2/h16-19,22-25,28-29H,3-15,20-21H2,1-2H3/p+2. The third-order valence-corrected chi connectivity index (χ3v) is 8.32. The number of aromatic nitrogens is 2. The Morgan fingerprint density at radius 3 is 1.31 bits per heavy atom. The van der Waals surface area contributed by atoms with Gasteiger partial charge in [0.25, 0.3) is 0 Å². The Bertz CT molecular complexity index is 702. The zero-order chi connectivity index (χ0) is 25.1. The van der Waals surface area contributed by atoms with Gasteiger partial charge in [0, 0.05) is 61.6 Å². The summed E-state index contributed by atoms with van der Waals surface area (Å²) in [5.74, 6) is 0. The quantitative estimate of drug-likeness (QED) is 0.0891. The molecule has 0 aliphatic rings. The maximum atomic E-state index is 3.87. The number of halogens is 2. The Morgan fingerprint density at radius 2 is 0.943 bits per heavy atom. The van der Waals surface area contributed by atoms with E-state index in [-0.39, 0.29) is 0 Å². The van der Waals surface area contributed by atoms with Gasteiger partial charge in [0.05, 0.1) is 0 Å². The summed E-state index contributed by atoms with van der Waals surface area (Å²) in [6.45, 7) is 6.65. The van der Waals surface area contributed by atoms with Gasteiger partial charge in [0.1, 0.15) is 0 Å². The smallest absolute Gasteiger partial charge is 0.212 e. The van der Waals surface area contributed by atoms with E-state index in [4.69, 9.17) is 0 Å². The molecule has 2 rings (SSSR count). The molecule has 196 valence electrons. The van der Waals surface area contributed by atoms with Crippen LogP contribution in [0.1, 0.15) is 107 Å². The van der Waals surface area contributed by atoms with Crippen molar-refractivity contribution in [1.29, 1.82) is 0 Å². The predicted octanol–water partition coefficient (Wildman–Crippen LogP) is 8.68. The lowest BCUT2D eigenvalue weighted by Crippen LogP contribution is -2.36. The van der Waals surface area contributed by atoms with Crippen LogP contribution in [0, 0.1) is 0 Å². The molecular weight excluding hydrogens is 564 g/mol. The fourth-order valence-corrected chi connectivity index (χ4v) is 5.35. The van der Waals surface area contributed by atoms with Crippen LogP contribution < -0.4 is 19.8 Å². The highest BCUT2D eigenvalue weighted by Crippen LogP contribution is 2.22. The van der Waals surface area contributed by atoms with Gasteiger partial charge in [-0.2, -0.15) is 9.13 Å². The monoisotopic (exact) mass is 610 g/mol. The maximum absolute atomic E-state index is 3.87. The highest BCUT2D eigenvalue weighted by molar-refractivity contribution is 9.09. The number of hydrogen-bond acceptors (Lipinski definition) is 2. The SMILES string of the molecule is CCCCCCCNc1cc[n+](C(Br)CCCC(Br)[n+]2ccc(NCCCCCCC)cc2)cc1. The molecule has 0 fully saturated rings. The summed E-state index contributed by atoms with van der Waals surface area (Å²) in [6.07, 6.45) is 25.2. The summed E-state index contributed by atoms with van der Waals surface area (Å²) in [5.41, 5.74) is 2.42. The van der Waals surface area contributed by atoms with Crippen LogP contribution >= 0.6 is 31.9 Å². The first kappa shape index (κ1) is 30.1. The van der Waals surface area contributed by atoms with Crippen molar-refractivity contribution in [3.63, 3.8) is 0 Å². The normalized spacial score (nSPS) is 12.9. The Labute approximate surface area is 231 Å². The predicted molar refractivity (Wildman–Crippen MR) is 158 cm³/mol. The number of alkyl halides is 2. The Balaban J connectivity index is 1.63. The highest BCUT2D eigenvalue weighted by atomic mass is 79.9. The fraction of sp³-hybridized carbons (Fsp3) is 0.655. The molecule has 0 saturated carbocycles. The van der Waals surface area contributed by atoms with Gasteiger partial charge < -0.3 is 10.6 Å². The van der Waals surface area contributed by atoms with Crippen LogP contribution in [0.25, 0.3) is 0 Å². The summed E-state index contributed by atoms with van der Waals surface area (Å²) < 4.78 is 4.51. The van der Waals surface area contributed by atoms with Crippen molar-refractivity contribution in [1.82, 2.24) is 0 Å². The molecule has 4 nitrogen and oxygen atoms in total. The number of nitrogens with one attached hydrogen (secondary N) is 2. The number of rotatable bonds is 20. The first-order valence-corrected chi connectivity index (χ1v) is 15.7. The average Bonchev–Trinajstić information content (AvgIpc) is 2.88. The molecule has 2 aromatic rings. The van der Waals surface area contributed by atoms with Gasteiger partial charge >= 0.3 is 0 Å². The molecule has 2 aromatic heterocycles. The zero-order valence-corrected chi connectivity index (χ0v) is 25.2. The Kier molecular flexibility index (Phi) is 16.4. The molecule has 2 N–H and O–H groups in total. The number of pyridine rings is 2. The topological polar surface area (TPSA) is 31.8 Å². The van der Waals surface area contributed by atoms with E-state index in [1.807, 2.05) is 0 Å². The number of hydrogen-bond donors (Lipinski definition) is 2. The molecule has 2 unspecified atom stereocenters. The van der Waals surface area contributed by atoms with Crippen molar-refractivity contribution in [2.24, 2.45) is 0 Å². The van der Waals surface area contributed by atoms with E-state index in [9.17, 15) is 0 Å². The second-order valence-corrected chi connectivity index (χ2v) is 11.7. The molecule has 0 aliphatic carbocycles. The van der Waals surface area contributed by atoms with Gasteiger partial charge in [0.15, 0.2) is 24.8 Å². The molecule has 35 heavy (non-hydrogen) atoms. The van der Waals surface area contributed by atoms with Gasteiger partial charge in [0.2, 0.25) is 9.90 Å². The molecule has 0 aromatic carbocycles. The van der Waals surface area contributed by atoms with Gasteiger partial charge in [-0.15, -0.1) is 0 Å². The molecule has 0 spiro atoms. The van der Waals surface area contributed by atoms with Gasteiger partial charge in [-0.05, 0) is 51.1 Å². The van der Waals surface area contributed by atoms with Gasteiger partial charge in [-0.25, -0.2) is 0 Å². The minimum atomic E-state index is 0.319. The van der Waals surface area contributed by atoms with Crippen molar-refractivity contribution < 1.29 is 9.13 Å². The van der Waals surface area contributed by atoms with Crippen LogP contribution in [0.15, 0.2) is 49.1 Å². The molecule has 2 atom stereocenters. The summed E-state index contributed by atoms with van der Waals surface area (Å²) >= 11 is 7.74. The zero-order valence-electron chi connectivity index (χ0n) is 22.0. The van der Waals surface area contributed by atoms with Crippen LogP contribution in [0.5, 0.6) is 0 Å². The van der Waals surface area contributed by atoms with Crippen molar-refractivity contribution in [2.45, 2.75) is 107 Å². The van der Waals surface area contributed by atoms with E-state index in [1.165, 1.54) is 75.6 Å². The van der Waals surface area contributed by atoms with Crippen LogP contribution in [0.2, 0.25) is 0 Å². The molecular formula is C29H48Br2N4+2. The summed E-state index contributed by atoms with van der Waals surface area (Å²) in [5, 5.41) is 7.09. The van der Waals surface area contributed by atoms with E-state index in [1.54, 1.807) is 0 Å². The van der Waals surface area contributed by atoms with Crippen LogP contribution in [0.3, 0.4) is 0 Å². The summed E-state index contributed by atoms with van der Waals surface area (Å²) in [6, 6.07) is 8.74. The molecule has 0 saturated heterocycles. The largest absolute Gasteiger partial charge is 0.385 e. The first-order valence-electron chi connectivity index (χ1n) is 13.9. The Morgan fingerprint density at radius 1 is 0.571 bits per heavy atom. The molecule has 0 bridgehead atoms. The van der Waals surface area contributed by atoms with E-state index in [0.717, 1.165) is 32.4 Å². The summed E-state index contributed by atoms with van der Waals surface area (Å²) in [4.78, 5) is 0.637. The second kappa shape index (κ2) is 19.0. The molecule has 0 radical (unpaired) electrons. The summed E-state index contributed by atoms with van der Waals surface area (Å²) in [7, 11) is 0. The van der Waals surface area contributed by atoms with Crippen molar-refractivity contribution in [2.75, 3.05) is 23.7 Å². The van der Waals surface area contributed by atoms with Gasteiger partial charge in [-0.1, -0.05) is 65.2 Å². The van der Waals surface area contributed by atoms with Crippen LogP contribution in [-0.2, 0) is 0 Å². The number of nitrogens with zero attached hydrogens (tertiary/aromatic N) is 2. The fourth-order valence-electron chi connectivity index (χ4n) is 4.16. The lowest BCUT2D eigenvalue weighted by atomic mass is 10.1. The van der Waals surface area contributed by atoms with E-state index in [0.29, 0.717) is 9.90 Å². The van der Waals surface area contributed by atoms with Gasteiger partial charge in [-0.3, -0.25) is 0 Å². The molecule has 6 heteroatoms. The average molecular weight is 613 g/mol. The first-order chi connectivity index (χ1) is 17.1. The van der Waals surface area contributed by atoms with Crippen LogP contribution in [-0.4, -0.2) is 13.1 Å². The minimum Gasteiger partial charge on any atom is -0.385 e. The van der Waals surface area contributed by atoms with Crippen molar-refractivity contribution >= 4 is 43.2 Å². The van der Waals surface area contributed by atoms with Crippen molar-refractivity contribution in [3.8, 4) is 0 Å². The highest BCUT2D eigenvalue weighted by Gasteiger charge is 2.18. The van der Waals surface area contributed by atoms with Crippen LogP contribution in [0.4, 0.5) is 11.4 Å². The molecule has 2 heterocycles.